The van der Waals surface area contributed by atoms with Gasteiger partial charge in [-0.3, -0.25) is 4.79 Å². The summed E-state index contributed by atoms with van der Waals surface area (Å²) in [7, 11) is 1.79. The van der Waals surface area contributed by atoms with Gasteiger partial charge < -0.3 is 9.80 Å². The zero-order chi connectivity index (χ0) is 15.5. The van der Waals surface area contributed by atoms with Crippen molar-refractivity contribution in [3.8, 4) is 0 Å². The Hall–Kier alpha value is -2.17. The second-order valence-electron chi connectivity index (χ2n) is 5.78. The number of nitrogens with zero attached hydrogens (tertiary/aromatic N) is 4. The largest absolute Gasteiger partial charge is 0.355 e. The summed E-state index contributed by atoms with van der Waals surface area (Å²) in [6, 6.07) is 7.95. The maximum Gasteiger partial charge on any atom is 0.274 e. The first kappa shape index (κ1) is 14.8. The molecule has 0 saturated carbocycles. The predicted molar refractivity (Wildman–Crippen MR) is 88.2 cm³/mol. The Kier molecular flexibility index (Phi) is 4.22. The summed E-state index contributed by atoms with van der Waals surface area (Å²) in [5.74, 6) is 0.836. The van der Waals surface area contributed by atoms with Gasteiger partial charge in [-0.2, -0.15) is 0 Å². The first-order chi connectivity index (χ1) is 10.7. The van der Waals surface area contributed by atoms with Crippen molar-refractivity contribution < 1.29 is 4.79 Å². The molecule has 1 aromatic carbocycles. The fourth-order valence-corrected chi connectivity index (χ4v) is 2.91. The topological polar surface area (TPSA) is 49.3 Å². The molecule has 5 nitrogen and oxygen atoms in total. The van der Waals surface area contributed by atoms with Gasteiger partial charge in [0.15, 0.2) is 11.5 Å². The molecule has 0 atom stereocenters. The van der Waals surface area contributed by atoms with E-state index in [4.69, 9.17) is 0 Å². The minimum Gasteiger partial charge on any atom is -0.355 e. The van der Waals surface area contributed by atoms with Crippen LogP contribution in [0.25, 0.3) is 10.8 Å². The number of fused-ring (bicyclic) bond motifs is 1. The van der Waals surface area contributed by atoms with Crippen molar-refractivity contribution in [3.05, 3.63) is 30.0 Å². The van der Waals surface area contributed by atoms with E-state index in [0.717, 1.165) is 29.7 Å². The summed E-state index contributed by atoms with van der Waals surface area (Å²) >= 11 is 0. The van der Waals surface area contributed by atoms with Crippen molar-refractivity contribution in [2.24, 2.45) is 0 Å². The zero-order valence-corrected chi connectivity index (χ0v) is 13.2. The molecule has 0 aliphatic carbocycles. The number of piperidine rings is 1. The van der Waals surface area contributed by atoms with Crippen molar-refractivity contribution in [2.45, 2.75) is 26.2 Å². The molecule has 2 aromatic rings. The Labute approximate surface area is 130 Å². The molecule has 0 spiro atoms. The lowest BCUT2D eigenvalue weighted by Crippen LogP contribution is -2.31. The van der Waals surface area contributed by atoms with E-state index in [1.807, 2.05) is 31.2 Å². The molecule has 1 aliphatic rings. The average Bonchev–Trinajstić information content (AvgIpc) is 2.60. The van der Waals surface area contributed by atoms with Crippen molar-refractivity contribution >= 4 is 22.5 Å². The maximum absolute atomic E-state index is 12.5. The molecule has 1 aromatic heterocycles. The van der Waals surface area contributed by atoms with E-state index in [2.05, 4.69) is 15.1 Å². The smallest absolute Gasteiger partial charge is 0.274 e. The summed E-state index contributed by atoms with van der Waals surface area (Å²) in [5, 5.41) is 10.6. The Morgan fingerprint density at radius 1 is 1.14 bits per heavy atom. The van der Waals surface area contributed by atoms with Crippen molar-refractivity contribution in [3.63, 3.8) is 0 Å². The minimum atomic E-state index is -0.0728. The fourth-order valence-electron chi connectivity index (χ4n) is 2.91. The molecule has 1 fully saturated rings. The highest BCUT2D eigenvalue weighted by molar-refractivity contribution is 6.07. The second-order valence-corrected chi connectivity index (χ2v) is 5.78. The third-order valence-electron chi connectivity index (χ3n) is 4.35. The van der Waals surface area contributed by atoms with Gasteiger partial charge in [0.1, 0.15) is 0 Å². The molecule has 1 amide bonds. The van der Waals surface area contributed by atoms with Gasteiger partial charge in [0.05, 0.1) is 0 Å². The monoisotopic (exact) mass is 298 g/mol. The van der Waals surface area contributed by atoms with Gasteiger partial charge in [0.2, 0.25) is 0 Å². The van der Waals surface area contributed by atoms with E-state index in [1.165, 1.54) is 19.3 Å². The van der Waals surface area contributed by atoms with Gasteiger partial charge in [0.25, 0.3) is 5.91 Å². The van der Waals surface area contributed by atoms with Crippen LogP contribution in [-0.2, 0) is 0 Å². The molecule has 22 heavy (non-hydrogen) atoms. The van der Waals surface area contributed by atoms with Gasteiger partial charge >= 0.3 is 0 Å². The predicted octanol–water partition coefficient (Wildman–Crippen LogP) is 2.71. The first-order valence-electron chi connectivity index (χ1n) is 7.98. The van der Waals surface area contributed by atoms with E-state index in [-0.39, 0.29) is 5.91 Å². The Balaban J connectivity index is 2.08. The molecule has 0 bridgehead atoms. The molecule has 5 heteroatoms. The summed E-state index contributed by atoms with van der Waals surface area (Å²) in [6.07, 6.45) is 3.66. The quantitative estimate of drug-likeness (QED) is 0.874. The first-order valence-corrected chi connectivity index (χ1v) is 7.98. The summed E-state index contributed by atoms with van der Waals surface area (Å²) in [4.78, 5) is 16.4. The van der Waals surface area contributed by atoms with Crippen LogP contribution >= 0.6 is 0 Å². The minimum absolute atomic E-state index is 0.0728. The summed E-state index contributed by atoms with van der Waals surface area (Å²) in [5.41, 5.74) is 0.445. The van der Waals surface area contributed by atoms with Crippen molar-refractivity contribution in [1.82, 2.24) is 15.1 Å². The van der Waals surface area contributed by atoms with Gasteiger partial charge in [-0.25, -0.2) is 0 Å². The van der Waals surface area contributed by atoms with Gasteiger partial charge in [-0.1, -0.05) is 24.3 Å². The van der Waals surface area contributed by atoms with Crippen molar-refractivity contribution in [1.29, 1.82) is 0 Å². The SMILES string of the molecule is CCN(C)C(=O)c1nnc(N2CCCCC2)c2ccccc12. The van der Waals surface area contributed by atoms with Crippen LogP contribution in [0.2, 0.25) is 0 Å². The van der Waals surface area contributed by atoms with Gasteiger partial charge in [-0.05, 0) is 26.2 Å². The lowest BCUT2D eigenvalue weighted by atomic mass is 10.1. The number of hydrogen-bond donors (Lipinski definition) is 0. The highest BCUT2D eigenvalue weighted by Crippen LogP contribution is 2.28. The molecule has 1 aliphatic heterocycles. The van der Waals surface area contributed by atoms with Crippen LogP contribution in [0.15, 0.2) is 24.3 Å². The van der Waals surface area contributed by atoms with Crippen LogP contribution in [0.3, 0.4) is 0 Å². The molecular formula is C17H22N4O. The highest BCUT2D eigenvalue weighted by atomic mass is 16.2. The second kappa shape index (κ2) is 6.30. The molecular weight excluding hydrogens is 276 g/mol. The Morgan fingerprint density at radius 3 is 2.50 bits per heavy atom. The van der Waals surface area contributed by atoms with Crippen LogP contribution in [0.5, 0.6) is 0 Å². The Bertz CT molecular complexity index is 679. The molecule has 0 unspecified atom stereocenters. The van der Waals surface area contributed by atoms with E-state index in [0.29, 0.717) is 12.2 Å². The molecule has 0 N–H and O–H groups in total. The van der Waals surface area contributed by atoms with Crippen LogP contribution in [0, 0.1) is 0 Å². The molecule has 2 heterocycles. The number of carbonyl (C=O) groups is 1. The number of amides is 1. The lowest BCUT2D eigenvalue weighted by molar-refractivity contribution is 0.0798. The van der Waals surface area contributed by atoms with Crippen LogP contribution < -0.4 is 4.90 Å². The normalized spacial score (nSPS) is 15.1. The molecule has 0 radical (unpaired) electrons. The molecule has 3 rings (SSSR count). The molecule has 116 valence electrons. The third kappa shape index (κ3) is 2.63. The fraction of sp³-hybridized carbons (Fsp3) is 0.471. The zero-order valence-electron chi connectivity index (χ0n) is 13.2. The third-order valence-corrected chi connectivity index (χ3v) is 4.35. The summed E-state index contributed by atoms with van der Waals surface area (Å²) in [6.45, 7) is 4.64. The van der Waals surface area contributed by atoms with E-state index in [9.17, 15) is 4.79 Å². The van der Waals surface area contributed by atoms with Crippen LogP contribution in [0.4, 0.5) is 5.82 Å². The lowest BCUT2D eigenvalue weighted by Gasteiger charge is -2.28. The number of hydrogen-bond acceptors (Lipinski definition) is 4. The number of carbonyl (C=O) groups excluding carboxylic acids is 1. The van der Waals surface area contributed by atoms with E-state index in [1.54, 1.807) is 11.9 Å². The number of anilines is 1. The van der Waals surface area contributed by atoms with Crippen LogP contribution in [0.1, 0.15) is 36.7 Å². The van der Waals surface area contributed by atoms with Gasteiger partial charge in [-0.15, -0.1) is 10.2 Å². The van der Waals surface area contributed by atoms with Gasteiger partial charge in [0, 0.05) is 37.5 Å². The van der Waals surface area contributed by atoms with E-state index < -0.39 is 0 Å². The number of rotatable bonds is 3. The standard InChI is InChI=1S/C17H22N4O/c1-3-20(2)17(22)15-13-9-5-6-10-14(13)16(19-18-15)21-11-7-4-8-12-21/h5-6,9-10H,3-4,7-8,11-12H2,1-2H3. The highest BCUT2D eigenvalue weighted by Gasteiger charge is 2.21. The number of benzene rings is 1. The number of aromatic nitrogens is 2. The Morgan fingerprint density at radius 2 is 1.82 bits per heavy atom. The molecule has 1 saturated heterocycles. The summed E-state index contributed by atoms with van der Waals surface area (Å²) < 4.78 is 0. The van der Waals surface area contributed by atoms with Crippen LogP contribution in [-0.4, -0.2) is 47.7 Å². The van der Waals surface area contributed by atoms with Crippen molar-refractivity contribution in [2.75, 3.05) is 31.6 Å². The van der Waals surface area contributed by atoms with E-state index >= 15 is 0 Å². The average molecular weight is 298 g/mol. The maximum atomic E-state index is 12.5.